The first kappa shape index (κ1) is 12.9. The number of halogens is 1. The molecule has 3 atom stereocenters. The van der Waals surface area contributed by atoms with Crippen molar-refractivity contribution < 1.29 is 0 Å². The van der Waals surface area contributed by atoms with E-state index in [9.17, 15) is 0 Å². The van der Waals surface area contributed by atoms with Gasteiger partial charge in [-0.1, -0.05) is 37.6 Å². The second kappa shape index (κ2) is 4.99. The van der Waals surface area contributed by atoms with E-state index in [4.69, 9.17) is 17.3 Å². The Kier molecular flexibility index (Phi) is 3.79. The van der Waals surface area contributed by atoms with Crippen molar-refractivity contribution in [2.24, 2.45) is 17.6 Å². The summed E-state index contributed by atoms with van der Waals surface area (Å²) in [6.45, 7) is 4.63. The maximum absolute atomic E-state index is 6.60. The van der Waals surface area contributed by atoms with E-state index in [1.165, 1.54) is 18.4 Å². The Labute approximate surface area is 109 Å². The molecule has 3 unspecified atom stereocenters. The molecule has 1 nitrogen and oxygen atoms in total. The van der Waals surface area contributed by atoms with Crippen molar-refractivity contribution in [1.82, 2.24) is 0 Å². The van der Waals surface area contributed by atoms with Gasteiger partial charge in [-0.25, -0.2) is 0 Å². The molecule has 0 spiro atoms. The molecular weight excluding hydrogens is 230 g/mol. The number of rotatable bonds is 2. The molecule has 0 aromatic heterocycles. The lowest BCUT2D eigenvalue weighted by atomic mass is 9.68. The monoisotopic (exact) mass is 251 g/mol. The van der Waals surface area contributed by atoms with Gasteiger partial charge in [0.05, 0.1) is 0 Å². The summed E-state index contributed by atoms with van der Waals surface area (Å²) in [7, 11) is 0. The van der Waals surface area contributed by atoms with E-state index in [1.807, 2.05) is 12.1 Å². The quantitative estimate of drug-likeness (QED) is 0.844. The van der Waals surface area contributed by atoms with E-state index >= 15 is 0 Å². The van der Waals surface area contributed by atoms with Gasteiger partial charge in [0.2, 0.25) is 0 Å². The molecule has 1 aliphatic carbocycles. The summed E-state index contributed by atoms with van der Waals surface area (Å²) in [5.41, 5.74) is 7.88. The van der Waals surface area contributed by atoms with E-state index in [1.54, 1.807) is 0 Å². The topological polar surface area (TPSA) is 26.0 Å². The molecule has 1 aromatic carbocycles. The Hall–Kier alpha value is -0.530. The zero-order chi connectivity index (χ0) is 12.5. The van der Waals surface area contributed by atoms with Gasteiger partial charge in [-0.3, -0.25) is 0 Å². The lowest BCUT2D eigenvalue weighted by molar-refractivity contribution is 0.163. The molecule has 0 aliphatic heterocycles. The van der Waals surface area contributed by atoms with Crippen molar-refractivity contribution >= 4 is 11.6 Å². The van der Waals surface area contributed by atoms with Crippen LogP contribution in [0.2, 0.25) is 5.02 Å². The molecule has 0 radical (unpaired) electrons. The zero-order valence-corrected chi connectivity index (χ0v) is 11.5. The number of benzene rings is 1. The maximum Gasteiger partial charge on any atom is 0.0406 e. The molecule has 2 rings (SSSR count). The van der Waals surface area contributed by atoms with Gasteiger partial charge in [0.15, 0.2) is 0 Å². The highest BCUT2D eigenvalue weighted by atomic mass is 35.5. The van der Waals surface area contributed by atoms with Gasteiger partial charge < -0.3 is 5.73 Å². The summed E-state index contributed by atoms with van der Waals surface area (Å²) in [4.78, 5) is 0. The molecule has 1 saturated carbocycles. The van der Waals surface area contributed by atoms with Crippen molar-refractivity contribution in [3.8, 4) is 0 Å². The van der Waals surface area contributed by atoms with E-state index in [-0.39, 0.29) is 5.54 Å². The lowest BCUT2D eigenvalue weighted by Gasteiger charge is -2.42. The molecule has 2 heteroatoms. The van der Waals surface area contributed by atoms with Crippen LogP contribution in [-0.2, 0) is 6.42 Å². The number of hydrogen-bond acceptors (Lipinski definition) is 1. The second-order valence-corrected chi connectivity index (χ2v) is 6.25. The Bertz CT molecular complexity index is 373. The van der Waals surface area contributed by atoms with E-state index in [0.29, 0.717) is 5.92 Å². The van der Waals surface area contributed by atoms with Crippen LogP contribution in [0.1, 0.15) is 38.7 Å². The van der Waals surface area contributed by atoms with Crippen molar-refractivity contribution in [1.29, 1.82) is 0 Å². The third-order valence-electron chi connectivity index (χ3n) is 4.29. The molecular formula is C15H22ClN. The lowest BCUT2D eigenvalue weighted by Crippen LogP contribution is -2.51. The zero-order valence-electron chi connectivity index (χ0n) is 10.7. The van der Waals surface area contributed by atoms with Crippen molar-refractivity contribution in [2.45, 2.75) is 45.1 Å². The summed E-state index contributed by atoms with van der Waals surface area (Å²) >= 11 is 5.91. The summed E-state index contributed by atoms with van der Waals surface area (Å²) in [6.07, 6.45) is 4.62. The van der Waals surface area contributed by atoms with Crippen molar-refractivity contribution in [2.75, 3.05) is 0 Å². The minimum absolute atomic E-state index is 0.0274. The molecule has 17 heavy (non-hydrogen) atoms. The van der Waals surface area contributed by atoms with Gasteiger partial charge in [0.1, 0.15) is 0 Å². The molecule has 0 amide bonds. The second-order valence-electron chi connectivity index (χ2n) is 5.82. The van der Waals surface area contributed by atoms with Crippen LogP contribution >= 0.6 is 11.6 Å². The molecule has 0 heterocycles. The smallest absolute Gasteiger partial charge is 0.0406 e. The fourth-order valence-corrected chi connectivity index (χ4v) is 3.09. The van der Waals surface area contributed by atoms with Gasteiger partial charge in [-0.15, -0.1) is 0 Å². The van der Waals surface area contributed by atoms with Gasteiger partial charge >= 0.3 is 0 Å². The first-order valence-corrected chi connectivity index (χ1v) is 6.91. The Morgan fingerprint density at radius 3 is 2.53 bits per heavy atom. The highest BCUT2D eigenvalue weighted by Gasteiger charge is 2.36. The minimum atomic E-state index is -0.0274. The van der Waals surface area contributed by atoms with Crippen LogP contribution in [0.15, 0.2) is 24.3 Å². The van der Waals surface area contributed by atoms with Crippen LogP contribution in [0.4, 0.5) is 0 Å². The van der Waals surface area contributed by atoms with Crippen LogP contribution in [0.3, 0.4) is 0 Å². The normalized spacial score (nSPS) is 33.6. The fourth-order valence-electron chi connectivity index (χ4n) is 2.96. The van der Waals surface area contributed by atoms with Gasteiger partial charge in [-0.05, 0) is 55.2 Å². The third-order valence-corrected chi connectivity index (χ3v) is 4.54. The molecule has 0 bridgehead atoms. The molecule has 2 N–H and O–H groups in total. The Morgan fingerprint density at radius 1 is 1.29 bits per heavy atom. The Balaban J connectivity index is 2.09. The number of nitrogens with two attached hydrogens (primary N) is 1. The molecule has 94 valence electrons. The summed E-state index contributed by atoms with van der Waals surface area (Å²) < 4.78 is 0. The first-order valence-electron chi connectivity index (χ1n) is 6.53. The molecule has 1 aliphatic rings. The minimum Gasteiger partial charge on any atom is -0.325 e. The van der Waals surface area contributed by atoms with Crippen molar-refractivity contribution in [3.63, 3.8) is 0 Å². The van der Waals surface area contributed by atoms with Gasteiger partial charge in [0.25, 0.3) is 0 Å². The van der Waals surface area contributed by atoms with Crippen LogP contribution in [0.25, 0.3) is 0 Å². The Morgan fingerprint density at radius 2 is 1.94 bits per heavy atom. The number of hydrogen-bond donors (Lipinski definition) is 1. The first-order chi connectivity index (χ1) is 7.99. The molecule has 0 saturated heterocycles. The fraction of sp³-hybridized carbons (Fsp3) is 0.600. The highest BCUT2D eigenvalue weighted by molar-refractivity contribution is 6.30. The third kappa shape index (κ3) is 3.02. The summed E-state index contributed by atoms with van der Waals surface area (Å²) in [6, 6.07) is 8.11. The van der Waals surface area contributed by atoms with E-state index in [2.05, 4.69) is 26.0 Å². The van der Waals surface area contributed by atoms with E-state index < -0.39 is 0 Å². The highest BCUT2D eigenvalue weighted by Crippen LogP contribution is 2.37. The van der Waals surface area contributed by atoms with Crippen LogP contribution in [0, 0.1) is 11.8 Å². The maximum atomic E-state index is 6.60. The average Bonchev–Trinajstić information content (AvgIpc) is 2.28. The van der Waals surface area contributed by atoms with E-state index in [0.717, 1.165) is 23.8 Å². The predicted octanol–water partition coefficient (Wildman–Crippen LogP) is 4.04. The SMILES string of the molecule is CC1CCC(N)(Cc2ccc(Cl)cc2)C(C)C1. The van der Waals surface area contributed by atoms with Crippen molar-refractivity contribution in [3.05, 3.63) is 34.9 Å². The van der Waals surface area contributed by atoms with Gasteiger partial charge in [-0.2, -0.15) is 0 Å². The van der Waals surface area contributed by atoms with Gasteiger partial charge in [0, 0.05) is 10.6 Å². The predicted molar refractivity (Wildman–Crippen MR) is 74.3 cm³/mol. The molecule has 1 fully saturated rings. The largest absolute Gasteiger partial charge is 0.325 e. The standard InChI is InChI=1S/C15H22ClN/c1-11-7-8-15(17,12(2)9-11)10-13-3-5-14(16)6-4-13/h3-6,11-12H,7-10,17H2,1-2H3. The van der Waals surface area contributed by atoms with Crippen LogP contribution in [0.5, 0.6) is 0 Å². The summed E-state index contributed by atoms with van der Waals surface area (Å²) in [5.74, 6) is 1.42. The van der Waals surface area contributed by atoms with Crippen LogP contribution < -0.4 is 5.73 Å². The van der Waals surface area contributed by atoms with Crippen LogP contribution in [-0.4, -0.2) is 5.54 Å². The average molecular weight is 252 g/mol. The summed E-state index contributed by atoms with van der Waals surface area (Å²) in [5, 5.41) is 0.796. The molecule has 1 aromatic rings.